The Balaban J connectivity index is 1.50. The molecule has 0 radical (unpaired) electrons. The Morgan fingerprint density at radius 3 is 2.33 bits per heavy atom. The number of rotatable bonds is 9. The van der Waals surface area contributed by atoms with E-state index < -0.39 is 5.97 Å². The Morgan fingerprint density at radius 2 is 1.76 bits per heavy atom. The van der Waals surface area contributed by atoms with E-state index in [0.717, 1.165) is 18.4 Å². The highest BCUT2D eigenvalue weighted by Gasteiger charge is 2.29. The maximum absolute atomic E-state index is 11.1. The van der Waals surface area contributed by atoms with Crippen molar-refractivity contribution in [2.24, 2.45) is 11.8 Å². The molecule has 0 heterocycles. The van der Waals surface area contributed by atoms with Crippen molar-refractivity contribution in [3.05, 3.63) is 29.8 Å². The summed E-state index contributed by atoms with van der Waals surface area (Å²) < 4.78 is 5.71. The SMILES string of the molecule is O=C(O)c1ccccc1OCCN(CC1CC1)CC1CC1. The number of ether oxygens (including phenoxy) is 1. The summed E-state index contributed by atoms with van der Waals surface area (Å²) >= 11 is 0. The van der Waals surface area contributed by atoms with Crippen molar-refractivity contribution >= 4 is 5.97 Å². The third-order valence-corrected chi connectivity index (χ3v) is 4.21. The van der Waals surface area contributed by atoms with Crippen LogP contribution in [0.1, 0.15) is 36.0 Å². The summed E-state index contributed by atoms with van der Waals surface area (Å²) in [5.74, 6) is 1.31. The molecule has 0 atom stereocenters. The van der Waals surface area contributed by atoms with Crippen molar-refractivity contribution in [3.8, 4) is 5.75 Å². The average Bonchev–Trinajstić information content (AvgIpc) is 3.35. The molecule has 0 spiro atoms. The summed E-state index contributed by atoms with van der Waals surface area (Å²) in [5.41, 5.74) is 0.244. The minimum Gasteiger partial charge on any atom is -0.491 e. The third-order valence-electron chi connectivity index (χ3n) is 4.21. The molecule has 4 nitrogen and oxygen atoms in total. The number of carboxylic acids is 1. The lowest BCUT2D eigenvalue weighted by atomic mass is 10.2. The number of carbonyl (C=O) groups is 1. The van der Waals surface area contributed by atoms with Gasteiger partial charge in [0.25, 0.3) is 0 Å². The first kappa shape index (κ1) is 14.4. The van der Waals surface area contributed by atoms with E-state index in [4.69, 9.17) is 9.84 Å². The van der Waals surface area contributed by atoms with E-state index in [2.05, 4.69) is 4.90 Å². The lowest BCUT2D eigenvalue weighted by molar-refractivity contribution is 0.0691. The van der Waals surface area contributed by atoms with E-state index in [1.54, 1.807) is 18.2 Å². The van der Waals surface area contributed by atoms with Crippen molar-refractivity contribution in [3.63, 3.8) is 0 Å². The van der Waals surface area contributed by atoms with E-state index in [0.29, 0.717) is 12.4 Å². The molecule has 2 fully saturated rings. The molecule has 1 N–H and O–H groups in total. The van der Waals surface area contributed by atoms with E-state index in [9.17, 15) is 4.79 Å². The van der Waals surface area contributed by atoms with Gasteiger partial charge in [0.05, 0.1) is 0 Å². The van der Waals surface area contributed by atoms with Crippen LogP contribution in [0.25, 0.3) is 0 Å². The normalized spacial score (nSPS) is 18.0. The van der Waals surface area contributed by atoms with Crippen molar-refractivity contribution in [1.82, 2.24) is 4.90 Å². The van der Waals surface area contributed by atoms with Crippen LogP contribution >= 0.6 is 0 Å². The maximum atomic E-state index is 11.1. The van der Waals surface area contributed by atoms with E-state index in [-0.39, 0.29) is 5.56 Å². The molecule has 0 unspecified atom stereocenters. The molecule has 0 amide bonds. The second kappa shape index (κ2) is 6.48. The topological polar surface area (TPSA) is 49.8 Å². The lowest BCUT2D eigenvalue weighted by Crippen LogP contribution is -2.32. The van der Waals surface area contributed by atoms with Gasteiger partial charge in [0.15, 0.2) is 0 Å². The molecule has 0 bridgehead atoms. The van der Waals surface area contributed by atoms with Gasteiger partial charge in [0, 0.05) is 19.6 Å². The van der Waals surface area contributed by atoms with Crippen LogP contribution in [-0.2, 0) is 0 Å². The van der Waals surface area contributed by atoms with Gasteiger partial charge in [-0.2, -0.15) is 0 Å². The lowest BCUT2D eigenvalue weighted by Gasteiger charge is -2.22. The van der Waals surface area contributed by atoms with Gasteiger partial charge in [-0.3, -0.25) is 4.90 Å². The fraction of sp³-hybridized carbons (Fsp3) is 0.588. The van der Waals surface area contributed by atoms with Crippen molar-refractivity contribution in [2.45, 2.75) is 25.7 Å². The molecule has 0 saturated heterocycles. The zero-order chi connectivity index (χ0) is 14.7. The van der Waals surface area contributed by atoms with Crippen LogP contribution in [0.3, 0.4) is 0 Å². The van der Waals surface area contributed by atoms with Gasteiger partial charge in [-0.1, -0.05) is 12.1 Å². The van der Waals surface area contributed by atoms with Crippen LogP contribution in [0.4, 0.5) is 0 Å². The Morgan fingerprint density at radius 1 is 1.14 bits per heavy atom. The summed E-state index contributed by atoms with van der Waals surface area (Å²) in [6.07, 6.45) is 5.46. The molecule has 114 valence electrons. The number of aromatic carboxylic acids is 1. The zero-order valence-electron chi connectivity index (χ0n) is 12.3. The maximum Gasteiger partial charge on any atom is 0.339 e. The fourth-order valence-electron chi connectivity index (χ4n) is 2.64. The van der Waals surface area contributed by atoms with Crippen molar-refractivity contribution in [1.29, 1.82) is 0 Å². The van der Waals surface area contributed by atoms with Gasteiger partial charge >= 0.3 is 5.97 Å². The largest absolute Gasteiger partial charge is 0.491 e. The van der Waals surface area contributed by atoms with Crippen molar-refractivity contribution in [2.75, 3.05) is 26.2 Å². The summed E-state index contributed by atoms with van der Waals surface area (Å²) in [7, 11) is 0. The predicted octanol–water partition coefficient (Wildman–Crippen LogP) is 2.89. The molecule has 0 aromatic heterocycles. The molecule has 0 aliphatic heterocycles. The van der Waals surface area contributed by atoms with E-state index >= 15 is 0 Å². The number of carboxylic acid groups (broad SMARTS) is 1. The van der Waals surface area contributed by atoms with Gasteiger partial charge in [-0.25, -0.2) is 4.79 Å². The number of benzene rings is 1. The fourth-order valence-corrected chi connectivity index (χ4v) is 2.64. The Kier molecular flexibility index (Phi) is 4.44. The smallest absolute Gasteiger partial charge is 0.339 e. The molecule has 2 aliphatic rings. The highest BCUT2D eigenvalue weighted by Crippen LogP contribution is 2.33. The minimum absolute atomic E-state index is 0.244. The Labute approximate surface area is 125 Å². The molecule has 1 aromatic carbocycles. The van der Waals surface area contributed by atoms with Crippen LogP contribution in [0.2, 0.25) is 0 Å². The average molecular weight is 289 g/mol. The van der Waals surface area contributed by atoms with Gasteiger partial charge in [-0.15, -0.1) is 0 Å². The van der Waals surface area contributed by atoms with Crippen LogP contribution < -0.4 is 4.74 Å². The van der Waals surface area contributed by atoms with Crippen molar-refractivity contribution < 1.29 is 14.6 Å². The summed E-state index contributed by atoms with van der Waals surface area (Å²) in [6, 6.07) is 6.86. The quantitative estimate of drug-likeness (QED) is 0.759. The number of hydrogen-bond donors (Lipinski definition) is 1. The Hall–Kier alpha value is -1.55. The summed E-state index contributed by atoms with van der Waals surface area (Å²) in [4.78, 5) is 13.6. The molecule has 4 heteroatoms. The second-order valence-corrected chi connectivity index (χ2v) is 6.30. The van der Waals surface area contributed by atoms with Crippen LogP contribution in [0.5, 0.6) is 5.75 Å². The van der Waals surface area contributed by atoms with Gasteiger partial charge in [0.2, 0.25) is 0 Å². The van der Waals surface area contributed by atoms with Gasteiger partial charge < -0.3 is 9.84 Å². The zero-order valence-corrected chi connectivity index (χ0v) is 12.3. The van der Waals surface area contributed by atoms with Gasteiger partial charge in [-0.05, 0) is 49.7 Å². The Bertz CT molecular complexity index is 481. The molecule has 3 rings (SSSR count). The molecular formula is C17H23NO3. The second-order valence-electron chi connectivity index (χ2n) is 6.30. The molecule has 1 aromatic rings. The minimum atomic E-state index is -0.932. The first-order valence-electron chi connectivity index (χ1n) is 7.90. The third kappa shape index (κ3) is 4.46. The molecule has 2 saturated carbocycles. The molecule has 2 aliphatic carbocycles. The number of nitrogens with zero attached hydrogens (tertiary/aromatic N) is 1. The molecule has 21 heavy (non-hydrogen) atoms. The monoisotopic (exact) mass is 289 g/mol. The van der Waals surface area contributed by atoms with Gasteiger partial charge in [0.1, 0.15) is 17.9 Å². The first-order valence-corrected chi connectivity index (χ1v) is 7.90. The van der Waals surface area contributed by atoms with Crippen LogP contribution in [0.15, 0.2) is 24.3 Å². The first-order chi connectivity index (χ1) is 10.2. The van der Waals surface area contributed by atoms with Crippen LogP contribution in [-0.4, -0.2) is 42.2 Å². The summed E-state index contributed by atoms with van der Waals surface area (Å²) in [6.45, 7) is 3.81. The predicted molar refractivity (Wildman–Crippen MR) is 80.8 cm³/mol. The molecular weight excluding hydrogens is 266 g/mol. The van der Waals surface area contributed by atoms with Crippen LogP contribution in [0, 0.1) is 11.8 Å². The van der Waals surface area contributed by atoms with E-state index in [1.807, 2.05) is 6.07 Å². The standard InChI is InChI=1S/C17H23NO3/c19-17(20)15-3-1-2-4-16(15)21-10-9-18(11-13-5-6-13)12-14-7-8-14/h1-4,13-14H,5-12H2,(H,19,20). The highest BCUT2D eigenvalue weighted by atomic mass is 16.5. The van der Waals surface area contributed by atoms with E-state index in [1.165, 1.54) is 38.8 Å². The number of hydrogen-bond acceptors (Lipinski definition) is 3. The number of para-hydroxylation sites is 1. The summed E-state index contributed by atoms with van der Waals surface area (Å²) in [5, 5.41) is 9.14. The highest BCUT2D eigenvalue weighted by molar-refractivity contribution is 5.90.